The van der Waals surface area contributed by atoms with Gasteiger partial charge in [0.1, 0.15) is 11.4 Å². The molecular formula is C28H37N3O3. The predicted molar refractivity (Wildman–Crippen MR) is 134 cm³/mol. The van der Waals surface area contributed by atoms with E-state index in [1.165, 1.54) is 6.42 Å². The zero-order valence-corrected chi connectivity index (χ0v) is 20.7. The van der Waals surface area contributed by atoms with Crippen molar-refractivity contribution in [2.45, 2.75) is 89.8 Å². The molecule has 1 aromatic carbocycles. The van der Waals surface area contributed by atoms with Gasteiger partial charge in [-0.1, -0.05) is 43.5 Å². The zero-order chi connectivity index (χ0) is 24.1. The van der Waals surface area contributed by atoms with E-state index in [1.807, 2.05) is 74.3 Å². The van der Waals surface area contributed by atoms with E-state index in [4.69, 9.17) is 9.72 Å². The molecule has 1 aliphatic carbocycles. The van der Waals surface area contributed by atoms with Gasteiger partial charge in [-0.05, 0) is 76.6 Å². The van der Waals surface area contributed by atoms with E-state index < -0.39 is 5.60 Å². The van der Waals surface area contributed by atoms with Crippen molar-refractivity contribution < 1.29 is 14.3 Å². The fourth-order valence-corrected chi connectivity index (χ4v) is 5.08. The van der Waals surface area contributed by atoms with Crippen LogP contribution < -0.4 is 4.90 Å². The first-order chi connectivity index (χ1) is 16.3. The van der Waals surface area contributed by atoms with Crippen LogP contribution in [-0.4, -0.2) is 40.1 Å². The molecule has 0 unspecified atom stereocenters. The van der Waals surface area contributed by atoms with E-state index in [2.05, 4.69) is 0 Å². The van der Waals surface area contributed by atoms with Gasteiger partial charge in [-0.25, -0.2) is 9.78 Å². The largest absolute Gasteiger partial charge is 0.443 e. The van der Waals surface area contributed by atoms with Gasteiger partial charge in [0.2, 0.25) is 0 Å². The van der Waals surface area contributed by atoms with E-state index in [-0.39, 0.29) is 24.1 Å². The summed E-state index contributed by atoms with van der Waals surface area (Å²) in [5.41, 5.74) is 1.16. The van der Waals surface area contributed by atoms with Gasteiger partial charge in [0.25, 0.3) is 5.91 Å². The number of nitrogens with zero attached hydrogens (tertiary/aromatic N) is 3. The number of benzene rings is 1. The van der Waals surface area contributed by atoms with E-state index in [9.17, 15) is 9.59 Å². The summed E-state index contributed by atoms with van der Waals surface area (Å²) in [5.74, 6) is 0.689. The summed E-state index contributed by atoms with van der Waals surface area (Å²) in [7, 11) is 0. The number of hydrogen-bond donors (Lipinski definition) is 0. The van der Waals surface area contributed by atoms with Crippen LogP contribution in [0.5, 0.6) is 0 Å². The number of rotatable bonds is 4. The average Bonchev–Trinajstić information content (AvgIpc) is 2.84. The zero-order valence-electron chi connectivity index (χ0n) is 20.7. The second-order valence-electron chi connectivity index (χ2n) is 10.5. The first-order valence-corrected chi connectivity index (χ1v) is 12.7. The van der Waals surface area contributed by atoms with Crippen molar-refractivity contribution in [3.63, 3.8) is 0 Å². The summed E-state index contributed by atoms with van der Waals surface area (Å²) in [6.45, 7) is 6.41. The van der Waals surface area contributed by atoms with E-state index in [0.717, 1.165) is 57.1 Å². The standard InChI is InChI=1S/C28H37N3O3/c1-28(2,3)34-27(33)31(23-14-8-5-9-15-23)25-18-17-22(20-29-25)24-16-10-11-19-30(24)26(32)21-12-6-4-7-13-21/h4,6-7,12-13,17-18,20,23-24H,5,8-11,14-16,19H2,1-3H3/t24-/m0/s1. The molecule has 1 atom stereocenters. The highest BCUT2D eigenvalue weighted by Gasteiger charge is 2.33. The number of ether oxygens (including phenoxy) is 1. The number of pyridine rings is 1. The third kappa shape index (κ3) is 5.78. The molecule has 0 spiro atoms. The minimum absolute atomic E-state index is 0.00679. The van der Waals surface area contributed by atoms with Crippen molar-refractivity contribution in [3.8, 4) is 0 Å². The Morgan fingerprint density at radius 3 is 2.29 bits per heavy atom. The van der Waals surface area contributed by atoms with Gasteiger partial charge in [-0.3, -0.25) is 9.69 Å². The lowest BCUT2D eigenvalue weighted by molar-refractivity contribution is 0.0556. The molecule has 34 heavy (non-hydrogen) atoms. The number of hydrogen-bond acceptors (Lipinski definition) is 4. The van der Waals surface area contributed by atoms with Crippen LogP contribution in [0.1, 0.15) is 94.1 Å². The Bertz CT molecular complexity index is 963. The first kappa shape index (κ1) is 24.2. The minimum atomic E-state index is -0.565. The second-order valence-corrected chi connectivity index (χ2v) is 10.5. The van der Waals surface area contributed by atoms with Gasteiger partial charge in [0, 0.05) is 24.3 Å². The Labute approximate surface area is 203 Å². The Morgan fingerprint density at radius 1 is 0.941 bits per heavy atom. The molecule has 1 aromatic heterocycles. The number of anilines is 1. The molecule has 1 saturated heterocycles. The number of aromatic nitrogens is 1. The summed E-state index contributed by atoms with van der Waals surface area (Å²) in [6, 6.07) is 13.5. The predicted octanol–water partition coefficient (Wildman–Crippen LogP) is 6.52. The molecule has 1 saturated carbocycles. The number of likely N-dealkylation sites (tertiary alicyclic amines) is 1. The molecule has 1 aliphatic heterocycles. The molecule has 2 aromatic rings. The molecular weight excluding hydrogens is 426 g/mol. The molecule has 2 aliphatic rings. The van der Waals surface area contributed by atoms with Crippen molar-refractivity contribution in [3.05, 3.63) is 59.8 Å². The quantitative estimate of drug-likeness (QED) is 0.518. The maximum absolute atomic E-state index is 13.2. The number of carbonyl (C=O) groups is 2. The van der Waals surface area contributed by atoms with Gasteiger partial charge < -0.3 is 9.64 Å². The molecule has 4 rings (SSSR count). The molecule has 182 valence electrons. The van der Waals surface area contributed by atoms with E-state index in [1.54, 1.807) is 4.90 Å². The summed E-state index contributed by atoms with van der Waals surface area (Å²) in [6.07, 6.45) is 9.87. The van der Waals surface area contributed by atoms with Crippen LogP contribution >= 0.6 is 0 Å². The molecule has 2 amide bonds. The van der Waals surface area contributed by atoms with Crippen LogP contribution in [0.4, 0.5) is 10.6 Å². The van der Waals surface area contributed by atoms with Gasteiger partial charge in [-0.15, -0.1) is 0 Å². The minimum Gasteiger partial charge on any atom is -0.443 e. The van der Waals surface area contributed by atoms with Crippen LogP contribution in [0.25, 0.3) is 0 Å². The lowest BCUT2D eigenvalue weighted by Crippen LogP contribution is -2.45. The second kappa shape index (κ2) is 10.6. The highest BCUT2D eigenvalue weighted by molar-refractivity contribution is 5.94. The smallest absolute Gasteiger partial charge is 0.416 e. The highest BCUT2D eigenvalue weighted by atomic mass is 16.6. The van der Waals surface area contributed by atoms with Crippen LogP contribution in [0.3, 0.4) is 0 Å². The lowest BCUT2D eigenvalue weighted by Gasteiger charge is -2.37. The van der Waals surface area contributed by atoms with Gasteiger partial charge >= 0.3 is 6.09 Å². The monoisotopic (exact) mass is 463 g/mol. The van der Waals surface area contributed by atoms with Crippen LogP contribution in [0.2, 0.25) is 0 Å². The number of carbonyl (C=O) groups excluding carboxylic acids is 2. The Morgan fingerprint density at radius 2 is 1.65 bits per heavy atom. The van der Waals surface area contributed by atoms with Crippen molar-refractivity contribution in [2.24, 2.45) is 0 Å². The van der Waals surface area contributed by atoms with Gasteiger partial charge in [0.05, 0.1) is 6.04 Å². The van der Waals surface area contributed by atoms with Crippen molar-refractivity contribution in [1.82, 2.24) is 9.88 Å². The van der Waals surface area contributed by atoms with Crippen LogP contribution in [0, 0.1) is 0 Å². The first-order valence-electron chi connectivity index (χ1n) is 12.7. The summed E-state index contributed by atoms with van der Waals surface area (Å²) in [4.78, 5) is 34.8. The van der Waals surface area contributed by atoms with Crippen LogP contribution in [0.15, 0.2) is 48.7 Å². The fraction of sp³-hybridized carbons (Fsp3) is 0.536. The molecule has 0 radical (unpaired) electrons. The lowest BCUT2D eigenvalue weighted by atomic mass is 9.94. The molecule has 6 heteroatoms. The van der Waals surface area contributed by atoms with Crippen molar-refractivity contribution in [1.29, 1.82) is 0 Å². The molecule has 0 N–H and O–H groups in total. The normalized spacial score (nSPS) is 19.5. The molecule has 0 bridgehead atoms. The molecule has 2 heterocycles. The SMILES string of the molecule is CC(C)(C)OC(=O)N(c1ccc([C@@H]2CCCCN2C(=O)c2ccccc2)cn1)C1CCCCC1. The van der Waals surface area contributed by atoms with Crippen molar-refractivity contribution >= 4 is 17.8 Å². The third-order valence-electron chi connectivity index (χ3n) is 6.72. The topological polar surface area (TPSA) is 62.7 Å². The van der Waals surface area contributed by atoms with Gasteiger partial charge in [-0.2, -0.15) is 0 Å². The highest BCUT2D eigenvalue weighted by Crippen LogP contribution is 2.34. The molecule has 2 fully saturated rings. The van der Waals surface area contributed by atoms with E-state index >= 15 is 0 Å². The fourth-order valence-electron chi connectivity index (χ4n) is 5.08. The Balaban J connectivity index is 1.57. The van der Waals surface area contributed by atoms with Crippen LogP contribution in [-0.2, 0) is 4.74 Å². The summed E-state index contributed by atoms with van der Waals surface area (Å²) >= 11 is 0. The number of piperidine rings is 1. The summed E-state index contributed by atoms with van der Waals surface area (Å²) < 4.78 is 5.75. The van der Waals surface area contributed by atoms with E-state index in [0.29, 0.717) is 11.4 Å². The molecule has 6 nitrogen and oxygen atoms in total. The number of amides is 2. The third-order valence-corrected chi connectivity index (χ3v) is 6.72. The Hall–Kier alpha value is -2.89. The summed E-state index contributed by atoms with van der Waals surface area (Å²) in [5, 5.41) is 0. The maximum Gasteiger partial charge on any atom is 0.416 e. The maximum atomic E-state index is 13.2. The van der Waals surface area contributed by atoms with Crippen molar-refractivity contribution in [2.75, 3.05) is 11.4 Å². The van der Waals surface area contributed by atoms with Gasteiger partial charge in [0.15, 0.2) is 0 Å². The average molecular weight is 464 g/mol. The Kier molecular flexibility index (Phi) is 7.54.